The summed E-state index contributed by atoms with van der Waals surface area (Å²) in [7, 11) is 0. The third kappa shape index (κ3) is 3.48. The van der Waals surface area contributed by atoms with Crippen molar-refractivity contribution in [3.05, 3.63) is 82.1 Å². The summed E-state index contributed by atoms with van der Waals surface area (Å²) in [6.07, 6.45) is 1.70. The van der Waals surface area contributed by atoms with Crippen LogP contribution in [0.25, 0.3) is 22.2 Å². The topological polar surface area (TPSA) is 58.2 Å². The van der Waals surface area contributed by atoms with Gasteiger partial charge in [-0.05, 0) is 66.1 Å². The molecule has 0 bridgehead atoms. The molecular formula is C24H20BrN3O2. The number of aryl methyl sites for hydroxylation is 1. The Morgan fingerprint density at radius 3 is 2.80 bits per heavy atom. The molecule has 5 rings (SSSR count). The van der Waals surface area contributed by atoms with Crippen LogP contribution in [0.5, 0.6) is 5.75 Å². The number of hydrogen-bond donors (Lipinski definition) is 1. The number of rotatable bonds is 2. The molecule has 0 atom stereocenters. The first-order valence-electron chi connectivity index (χ1n) is 9.83. The maximum Gasteiger partial charge on any atom is 0.254 e. The summed E-state index contributed by atoms with van der Waals surface area (Å²) < 4.78 is 6.92. The van der Waals surface area contributed by atoms with E-state index >= 15 is 0 Å². The van der Waals surface area contributed by atoms with Crippen LogP contribution >= 0.6 is 15.9 Å². The van der Waals surface area contributed by atoms with Crippen molar-refractivity contribution < 1.29 is 9.53 Å². The van der Waals surface area contributed by atoms with E-state index in [1.54, 1.807) is 6.33 Å². The fraction of sp³-hybridized carbons (Fsp3) is 0.167. The molecule has 1 N–H and O–H groups in total. The van der Waals surface area contributed by atoms with Gasteiger partial charge in [0.1, 0.15) is 12.4 Å². The highest BCUT2D eigenvalue weighted by Crippen LogP contribution is 2.31. The zero-order chi connectivity index (χ0) is 20.7. The van der Waals surface area contributed by atoms with E-state index in [1.165, 1.54) is 0 Å². The van der Waals surface area contributed by atoms with Crippen molar-refractivity contribution in [1.29, 1.82) is 0 Å². The minimum atomic E-state index is 0.0285. The number of ether oxygens (including phenoxy) is 1. The fourth-order valence-electron chi connectivity index (χ4n) is 3.90. The van der Waals surface area contributed by atoms with Crippen LogP contribution in [0.1, 0.15) is 21.5 Å². The maximum absolute atomic E-state index is 13.2. The SMILES string of the molecule is Cc1cc(Br)ccc1C(=O)N1CCOc2ccc(-c3ccc4nc[nH]c4c3)cc2C1. The lowest BCUT2D eigenvalue weighted by Gasteiger charge is -2.21. The van der Waals surface area contributed by atoms with Crippen LogP contribution in [-0.2, 0) is 6.54 Å². The molecule has 0 spiro atoms. The lowest BCUT2D eigenvalue weighted by Crippen LogP contribution is -2.32. The molecule has 6 heteroatoms. The Hall–Kier alpha value is -3.12. The van der Waals surface area contributed by atoms with E-state index in [0.29, 0.717) is 19.7 Å². The van der Waals surface area contributed by atoms with Crippen LogP contribution in [-0.4, -0.2) is 33.9 Å². The fourth-order valence-corrected chi connectivity index (χ4v) is 4.38. The van der Waals surface area contributed by atoms with Gasteiger partial charge in [-0.2, -0.15) is 0 Å². The third-order valence-electron chi connectivity index (χ3n) is 5.50. The summed E-state index contributed by atoms with van der Waals surface area (Å²) in [4.78, 5) is 22.5. The molecule has 5 nitrogen and oxygen atoms in total. The van der Waals surface area contributed by atoms with Gasteiger partial charge in [0.05, 0.1) is 23.9 Å². The Bertz CT molecular complexity index is 1260. The summed E-state index contributed by atoms with van der Waals surface area (Å²) in [5.74, 6) is 0.866. The smallest absolute Gasteiger partial charge is 0.254 e. The number of nitrogens with zero attached hydrogens (tertiary/aromatic N) is 2. The molecule has 0 saturated carbocycles. The maximum atomic E-state index is 13.2. The molecule has 30 heavy (non-hydrogen) atoms. The number of halogens is 1. The van der Waals surface area contributed by atoms with Crippen molar-refractivity contribution >= 4 is 32.9 Å². The molecule has 1 aromatic heterocycles. The minimum Gasteiger partial charge on any atom is -0.491 e. The number of amides is 1. The second kappa shape index (κ2) is 7.61. The average molecular weight is 462 g/mol. The van der Waals surface area contributed by atoms with Crippen LogP contribution in [0, 0.1) is 6.92 Å². The van der Waals surface area contributed by atoms with E-state index < -0.39 is 0 Å². The van der Waals surface area contributed by atoms with Gasteiger partial charge in [0.15, 0.2) is 0 Å². The highest BCUT2D eigenvalue weighted by Gasteiger charge is 2.22. The lowest BCUT2D eigenvalue weighted by molar-refractivity contribution is 0.0732. The minimum absolute atomic E-state index is 0.0285. The van der Waals surface area contributed by atoms with Crippen molar-refractivity contribution in [3.8, 4) is 16.9 Å². The van der Waals surface area contributed by atoms with Gasteiger partial charge >= 0.3 is 0 Å². The molecule has 150 valence electrons. The Balaban J connectivity index is 1.47. The number of imidazole rings is 1. The Morgan fingerprint density at radius 1 is 1.10 bits per heavy atom. The number of carbonyl (C=O) groups excluding carboxylic acids is 1. The number of aromatic amines is 1. The molecule has 2 heterocycles. The second-order valence-electron chi connectivity index (χ2n) is 7.49. The van der Waals surface area contributed by atoms with Crippen LogP contribution < -0.4 is 4.74 Å². The third-order valence-corrected chi connectivity index (χ3v) is 5.99. The van der Waals surface area contributed by atoms with Gasteiger partial charge < -0.3 is 14.6 Å². The highest BCUT2D eigenvalue weighted by molar-refractivity contribution is 9.10. The van der Waals surface area contributed by atoms with Gasteiger partial charge in [0.2, 0.25) is 0 Å². The predicted molar refractivity (Wildman–Crippen MR) is 121 cm³/mol. The molecule has 1 aliphatic heterocycles. The van der Waals surface area contributed by atoms with Crippen LogP contribution in [0.3, 0.4) is 0 Å². The highest BCUT2D eigenvalue weighted by atomic mass is 79.9. The Labute approximate surface area is 182 Å². The van der Waals surface area contributed by atoms with E-state index in [4.69, 9.17) is 4.74 Å². The number of benzene rings is 3. The summed E-state index contributed by atoms with van der Waals surface area (Å²) >= 11 is 3.47. The largest absolute Gasteiger partial charge is 0.491 e. The molecule has 0 radical (unpaired) electrons. The number of hydrogen-bond acceptors (Lipinski definition) is 3. The number of nitrogens with one attached hydrogen (secondary N) is 1. The van der Waals surface area contributed by atoms with Crippen LogP contribution in [0.2, 0.25) is 0 Å². The first-order valence-corrected chi connectivity index (χ1v) is 10.6. The summed E-state index contributed by atoms with van der Waals surface area (Å²) in [5.41, 5.74) is 6.82. The molecule has 3 aromatic carbocycles. The first-order chi connectivity index (χ1) is 14.6. The number of aromatic nitrogens is 2. The van der Waals surface area contributed by atoms with Crippen LogP contribution in [0.4, 0.5) is 0 Å². The average Bonchev–Trinajstić information content (AvgIpc) is 3.10. The standard InChI is InChI=1S/C24H20BrN3O2/c1-15-10-19(25)4-5-20(15)24(29)28-8-9-30-23-7-3-16(11-18(23)13-28)17-2-6-21-22(12-17)27-14-26-21/h2-7,10-12,14H,8-9,13H2,1H3,(H,26,27). The summed E-state index contributed by atoms with van der Waals surface area (Å²) in [5, 5.41) is 0. The molecule has 1 aliphatic rings. The molecule has 0 saturated heterocycles. The molecule has 0 aliphatic carbocycles. The van der Waals surface area contributed by atoms with Gasteiger partial charge in [-0.15, -0.1) is 0 Å². The van der Waals surface area contributed by atoms with E-state index in [1.807, 2.05) is 42.2 Å². The van der Waals surface area contributed by atoms with Gasteiger partial charge in [-0.25, -0.2) is 4.98 Å². The van der Waals surface area contributed by atoms with Gasteiger partial charge in [-0.1, -0.05) is 28.1 Å². The van der Waals surface area contributed by atoms with E-state index in [9.17, 15) is 4.79 Å². The normalized spacial score (nSPS) is 13.6. The van der Waals surface area contributed by atoms with Crippen molar-refractivity contribution in [1.82, 2.24) is 14.9 Å². The molecule has 0 fully saturated rings. The molecule has 1 amide bonds. The van der Waals surface area contributed by atoms with E-state index in [-0.39, 0.29) is 5.91 Å². The predicted octanol–water partition coefficient (Wildman–Crippen LogP) is 5.34. The monoisotopic (exact) mass is 461 g/mol. The van der Waals surface area contributed by atoms with Crippen LogP contribution in [0.15, 0.2) is 65.4 Å². The van der Waals surface area contributed by atoms with E-state index in [2.05, 4.69) is 50.2 Å². The molecule has 0 unspecified atom stereocenters. The quantitative estimate of drug-likeness (QED) is 0.438. The molecule has 4 aromatic rings. The Morgan fingerprint density at radius 2 is 1.93 bits per heavy atom. The zero-order valence-corrected chi connectivity index (χ0v) is 18.1. The lowest BCUT2D eigenvalue weighted by atomic mass is 10.0. The van der Waals surface area contributed by atoms with Gasteiger partial charge in [0.25, 0.3) is 5.91 Å². The summed E-state index contributed by atoms with van der Waals surface area (Å²) in [6.45, 7) is 3.51. The van der Waals surface area contributed by atoms with Crippen molar-refractivity contribution in [2.45, 2.75) is 13.5 Å². The number of carbonyl (C=O) groups is 1. The van der Waals surface area contributed by atoms with Crippen molar-refractivity contribution in [3.63, 3.8) is 0 Å². The Kier molecular flexibility index (Phi) is 4.79. The van der Waals surface area contributed by atoms with Gasteiger partial charge in [-0.3, -0.25) is 4.79 Å². The van der Waals surface area contributed by atoms with Gasteiger partial charge in [0, 0.05) is 22.1 Å². The van der Waals surface area contributed by atoms with Crippen molar-refractivity contribution in [2.24, 2.45) is 0 Å². The molecular weight excluding hydrogens is 442 g/mol. The number of H-pyrrole nitrogens is 1. The zero-order valence-electron chi connectivity index (χ0n) is 16.5. The van der Waals surface area contributed by atoms with Crippen molar-refractivity contribution in [2.75, 3.05) is 13.2 Å². The van der Waals surface area contributed by atoms with E-state index in [0.717, 1.165) is 49.1 Å². The number of fused-ring (bicyclic) bond motifs is 2. The second-order valence-corrected chi connectivity index (χ2v) is 8.41. The first kappa shape index (κ1) is 18.9. The summed E-state index contributed by atoms with van der Waals surface area (Å²) in [6, 6.07) is 18.1.